The molecule has 136 valence electrons. The first kappa shape index (κ1) is 17.1. The number of carbonyl (C=O) groups excluding carboxylic acids is 1. The molecule has 1 amide bonds. The molecule has 2 aromatic heterocycles. The first-order chi connectivity index (χ1) is 13.0. The zero-order valence-corrected chi connectivity index (χ0v) is 15.7. The predicted molar refractivity (Wildman–Crippen MR) is 107 cm³/mol. The number of amides is 1. The van der Waals surface area contributed by atoms with Crippen molar-refractivity contribution in [3.63, 3.8) is 0 Å². The van der Waals surface area contributed by atoms with Gasteiger partial charge in [-0.1, -0.05) is 24.3 Å². The fraction of sp³-hybridized carbons (Fsp3) is 0.182. The Morgan fingerprint density at radius 2 is 1.96 bits per heavy atom. The van der Waals surface area contributed by atoms with Crippen LogP contribution in [0, 0.1) is 13.8 Å². The number of carbonyl (C=O) groups is 1. The molecular formula is C22H22N4O. The summed E-state index contributed by atoms with van der Waals surface area (Å²) < 4.78 is 1.93. The molecule has 5 nitrogen and oxygen atoms in total. The Hall–Kier alpha value is -3.34. The summed E-state index contributed by atoms with van der Waals surface area (Å²) in [5.41, 5.74) is 5.84. The van der Waals surface area contributed by atoms with Gasteiger partial charge in [-0.15, -0.1) is 0 Å². The van der Waals surface area contributed by atoms with E-state index >= 15 is 0 Å². The van der Waals surface area contributed by atoms with Crippen LogP contribution in [0.1, 0.15) is 40.1 Å². The average molecular weight is 358 g/mol. The van der Waals surface area contributed by atoms with Crippen LogP contribution >= 0.6 is 0 Å². The molecule has 0 aliphatic heterocycles. The molecule has 4 rings (SSSR count). The van der Waals surface area contributed by atoms with Crippen LogP contribution in [-0.2, 0) is 0 Å². The average Bonchev–Trinajstić information content (AvgIpc) is 3.28. The fourth-order valence-corrected chi connectivity index (χ4v) is 3.44. The van der Waals surface area contributed by atoms with Crippen LogP contribution in [0.3, 0.4) is 0 Å². The Kier molecular flexibility index (Phi) is 4.28. The molecule has 27 heavy (non-hydrogen) atoms. The number of nitrogens with one attached hydrogen (secondary N) is 2. The van der Waals surface area contributed by atoms with E-state index in [1.165, 1.54) is 0 Å². The van der Waals surface area contributed by atoms with E-state index in [0.717, 1.165) is 33.4 Å². The highest BCUT2D eigenvalue weighted by atomic mass is 16.1. The van der Waals surface area contributed by atoms with E-state index in [0.29, 0.717) is 5.56 Å². The number of fused-ring (bicyclic) bond motifs is 1. The second-order valence-electron chi connectivity index (χ2n) is 6.86. The fourth-order valence-electron chi connectivity index (χ4n) is 3.44. The zero-order chi connectivity index (χ0) is 19.0. The lowest BCUT2D eigenvalue weighted by Gasteiger charge is -2.15. The molecule has 0 saturated carbocycles. The molecule has 0 fully saturated rings. The molecule has 0 unspecified atom stereocenters. The second kappa shape index (κ2) is 6.76. The number of aromatic nitrogens is 3. The minimum absolute atomic E-state index is 0.0953. The maximum atomic E-state index is 12.7. The van der Waals surface area contributed by atoms with Gasteiger partial charge >= 0.3 is 0 Å². The van der Waals surface area contributed by atoms with Crippen LogP contribution in [0.2, 0.25) is 0 Å². The Balaban J connectivity index is 1.57. The van der Waals surface area contributed by atoms with Crippen LogP contribution < -0.4 is 5.32 Å². The molecular weight excluding hydrogens is 336 g/mol. The minimum atomic E-state index is -0.144. The molecule has 0 radical (unpaired) electrons. The molecule has 5 heteroatoms. The lowest BCUT2D eigenvalue weighted by molar-refractivity contribution is 0.0940. The Labute approximate surface area is 158 Å². The molecule has 0 aliphatic carbocycles. The summed E-state index contributed by atoms with van der Waals surface area (Å²) in [7, 11) is 0. The van der Waals surface area contributed by atoms with Crippen LogP contribution in [-0.4, -0.2) is 20.7 Å². The summed E-state index contributed by atoms with van der Waals surface area (Å²) >= 11 is 0. The quantitative estimate of drug-likeness (QED) is 0.566. The number of benzene rings is 2. The van der Waals surface area contributed by atoms with Gasteiger partial charge in [0.05, 0.1) is 17.9 Å². The molecule has 2 N–H and O–H groups in total. The summed E-state index contributed by atoms with van der Waals surface area (Å²) in [4.78, 5) is 15.8. The first-order valence-corrected chi connectivity index (χ1v) is 9.03. The van der Waals surface area contributed by atoms with E-state index in [2.05, 4.69) is 28.4 Å². The molecule has 1 atom stereocenters. The summed E-state index contributed by atoms with van der Waals surface area (Å²) in [6.45, 7) is 6.08. The van der Waals surface area contributed by atoms with Gasteiger partial charge in [-0.05, 0) is 56.0 Å². The Morgan fingerprint density at radius 3 is 2.78 bits per heavy atom. The van der Waals surface area contributed by atoms with Crippen molar-refractivity contribution in [3.8, 4) is 5.69 Å². The van der Waals surface area contributed by atoms with Gasteiger partial charge in [-0.2, -0.15) is 5.10 Å². The lowest BCUT2D eigenvalue weighted by Crippen LogP contribution is -2.26. The van der Waals surface area contributed by atoms with Crippen molar-refractivity contribution in [2.75, 3.05) is 0 Å². The molecule has 2 heterocycles. The lowest BCUT2D eigenvalue weighted by atomic mass is 10.1. The van der Waals surface area contributed by atoms with Crippen molar-refractivity contribution in [1.29, 1.82) is 0 Å². The molecule has 4 aromatic rings. The number of rotatable bonds is 4. The third-order valence-electron chi connectivity index (χ3n) is 5.02. The van der Waals surface area contributed by atoms with Gasteiger partial charge in [0.1, 0.15) is 0 Å². The van der Waals surface area contributed by atoms with E-state index in [1.807, 2.05) is 73.4 Å². The van der Waals surface area contributed by atoms with Gasteiger partial charge in [0.2, 0.25) is 0 Å². The number of hydrogen-bond donors (Lipinski definition) is 2. The van der Waals surface area contributed by atoms with Gasteiger partial charge < -0.3 is 10.3 Å². The SMILES string of the molecule is Cc1ccccc1-n1ncc([C@@H](C)NC(=O)c2ccc3cc[nH]c3c2)c1C. The number of H-pyrrole nitrogens is 1. The number of nitrogens with zero attached hydrogens (tertiary/aromatic N) is 2. The smallest absolute Gasteiger partial charge is 0.251 e. The summed E-state index contributed by atoms with van der Waals surface area (Å²) in [5.74, 6) is -0.0953. The molecule has 0 aliphatic rings. The van der Waals surface area contributed by atoms with E-state index < -0.39 is 0 Å². The number of para-hydroxylation sites is 1. The van der Waals surface area contributed by atoms with E-state index in [1.54, 1.807) is 0 Å². The van der Waals surface area contributed by atoms with Crippen LogP contribution in [0.25, 0.3) is 16.6 Å². The summed E-state index contributed by atoms with van der Waals surface area (Å²) in [6, 6.07) is 15.7. The van der Waals surface area contributed by atoms with Crippen molar-refractivity contribution in [1.82, 2.24) is 20.1 Å². The van der Waals surface area contributed by atoms with Crippen molar-refractivity contribution in [2.24, 2.45) is 0 Å². The highest BCUT2D eigenvalue weighted by Gasteiger charge is 2.18. The van der Waals surface area contributed by atoms with Gasteiger partial charge in [-0.3, -0.25) is 4.79 Å². The van der Waals surface area contributed by atoms with Crippen molar-refractivity contribution in [3.05, 3.63) is 83.3 Å². The van der Waals surface area contributed by atoms with Gasteiger partial charge in [0.25, 0.3) is 5.91 Å². The van der Waals surface area contributed by atoms with E-state index in [9.17, 15) is 4.79 Å². The zero-order valence-electron chi connectivity index (χ0n) is 15.7. The topological polar surface area (TPSA) is 62.7 Å². The van der Waals surface area contributed by atoms with Gasteiger partial charge in [0.15, 0.2) is 0 Å². The largest absolute Gasteiger partial charge is 0.361 e. The Morgan fingerprint density at radius 1 is 1.15 bits per heavy atom. The maximum absolute atomic E-state index is 12.7. The second-order valence-corrected chi connectivity index (χ2v) is 6.86. The van der Waals surface area contributed by atoms with Crippen molar-refractivity contribution in [2.45, 2.75) is 26.8 Å². The highest BCUT2D eigenvalue weighted by Crippen LogP contribution is 2.22. The summed E-state index contributed by atoms with van der Waals surface area (Å²) in [5, 5.41) is 8.72. The first-order valence-electron chi connectivity index (χ1n) is 9.03. The number of aryl methyl sites for hydroxylation is 1. The molecule has 2 aromatic carbocycles. The summed E-state index contributed by atoms with van der Waals surface area (Å²) in [6.07, 6.45) is 3.71. The van der Waals surface area contributed by atoms with Crippen molar-refractivity contribution < 1.29 is 4.79 Å². The molecule has 0 bridgehead atoms. The monoisotopic (exact) mass is 358 g/mol. The highest BCUT2D eigenvalue weighted by molar-refractivity contribution is 5.98. The van der Waals surface area contributed by atoms with Crippen molar-refractivity contribution >= 4 is 16.8 Å². The molecule has 0 saturated heterocycles. The molecule has 0 spiro atoms. The third kappa shape index (κ3) is 3.12. The van der Waals surface area contributed by atoms with E-state index in [4.69, 9.17) is 0 Å². The maximum Gasteiger partial charge on any atom is 0.251 e. The normalized spacial score (nSPS) is 12.3. The minimum Gasteiger partial charge on any atom is -0.361 e. The van der Waals surface area contributed by atoms with E-state index in [-0.39, 0.29) is 11.9 Å². The standard InChI is InChI=1S/C22H22N4O/c1-14-6-4-5-7-21(14)26-16(3)19(13-24-26)15(2)25-22(27)18-9-8-17-10-11-23-20(17)12-18/h4-13,15,23H,1-3H3,(H,25,27)/t15-/m1/s1. The van der Waals surface area contributed by atoms with Crippen LogP contribution in [0.5, 0.6) is 0 Å². The Bertz CT molecular complexity index is 1120. The predicted octanol–water partition coefficient (Wildman–Crippen LogP) is 4.46. The number of aromatic amines is 1. The van der Waals surface area contributed by atoms with Gasteiger partial charge in [0, 0.05) is 28.5 Å². The number of hydrogen-bond acceptors (Lipinski definition) is 2. The van der Waals surface area contributed by atoms with Gasteiger partial charge in [-0.25, -0.2) is 4.68 Å². The third-order valence-corrected chi connectivity index (χ3v) is 5.02. The van der Waals surface area contributed by atoms with Crippen LogP contribution in [0.15, 0.2) is 60.9 Å². The van der Waals surface area contributed by atoms with Crippen LogP contribution in [0.4, 0.5) is 0 Å².